The highest BCUT2D eigenvalue weighted by molar-refractivity contribution is 6.32. The number of rotatable bonds is 9. The molecule has 1 unspecified atom stereocenters. The van der Waals surface area contributed by atoms with Crippen LogP contribution in [0.25, 0.3) is 0 Å². The number of nitrogens with zero attached hydrogens (tertiary/aromatic N) is 1. The minimum atomic E-state index is -0.226. The topological polar surface area (TPSA) is 33.7 Å². The molecule has 0 aliphatic carbocycles. The molecule has 0 saturated carbocycles. The van der Waals surface area contributed by atoms with Gasteiger partial charge in [-0.1, -0.05) is 23.7 Å². The first-order valence-corrected chi connectivity index (χ1v) is 8.95. The van der Waals surface area contributed by atoms with Crippen molar-refractivity contribution < 1.29 is 13.9 Å². The maximum atomic E-state index is 13.2. The molecule has 2 aromatic carbocycles. The second kappa shape index (κ2) is 9.76. The summed E-state index contributed by atoms with van der Waals surface area (Å²) in [7, 11) is 5.59. The Bertz CT molecular complexity index is 708. The smallest absolute Gasteiger partial charge is 0.179 e. The summed E-state index contributed by atoms with van der Waals surface area (Å²) in [5.41, 5.74) is 2.07. The third-order valence-electron chi connectivity index (χ3n) is 4.12. The zero-order valence-corrected chi connectivity index (χ0v) is 16.4. The van der Waals surface area contributed by atoms with Crippen LogP contribution in [0.5, 0.6) is 11.5 Å². The molecular formula is C20H26ClFN2O2. The lowest BCUT2D eigenvalue weighted by Gasteiger charge is -2.25. The van der Waals surface area contributed by atoms with Crippen molar-refractivity contribution in [2.75, 3.05) is 34.4 Å². The number of nitrogens with one attached hydrogen (secondary N) is 1. The fraction of sp³-hybridized carbons (Fsp3) is 0.400. The summed E-state index contributed by atoms with van der Waals surface area (Å²) in [6.45, 7) is 3.81. The van der Waals surface area contributed by atoms with Crippen LogP contribution >= 0.6 is 11.6 Å². The van der Waals surface area contributed by atoms with Crippen molar-refractivity contribution in [3.05, 3.63) is 58.4 Å². The Morgan fingerprint density at radius 3 is 2.46 bits per heavy atom. The van der Waals surface area contributed by atoms with Gasteiger partial charge in [-0.25, -0.2) is 4.39 Å². The number of hydrogen-bond acceptors (Lipinski definition) is 4. The Hall–Kier alpha value is -1.82. The Kier molecular flexibility index (Phi) is 7.69. The SMILES string of the molecule is CCOc1cc(CNCC(c2ccc(F)cc2)N(C)C)cc(Cl)c1OC. The van der Waals surface area contributed by atoms with Crippen molar-refractivity contribution in [3.8, 4) is 11.5 Å². The number of ether oxygens (including phenoxy) is 2. The summed E-state index contributed by atoms with van der Waals surface area (Å²) in [4.78, 5) is 2.10. The first kappa shape index (κ1) is 20.5. The zero-order chi connectivity index (χ0) is 19.1. The molecule has 1 atom stereocenters. The van der Waals surface area contributed by atoms with Gasteiger partial charge in [-0.2, -0.15) is 0 Å². The maximum Gasteiger partial charge on any atom is 0.179 e. The number of halogens is 2. The normalized spacial score (nSPS) is 12.3. The van der Waals surface area contributed by atoms with Crippen molar-refractivity contribution in [3.63, 3.8) is 0 Å². The van der Waals surface area contributed by atoms with E-state index in [1.54, 1.807) is 7.11 Å². The molecule has 0 fully saturated rings. The highest BCUT2D eigenvalue weighted by atomic mass is 35.5. The second-order valence-electron chi connectivity index (χ2n) is 6.20. The van der Waals surface area contributed by atoms with E-state index in [1.807, 2.05) is 45.3 Å². The van der Waals surface area contributed by atoms with E-state index < -0.39 is 0 Å². The number of hydrogen-bond donors (Lipinski definition) is 1. The molecule has 2 aromatic rings. The molecule has 0 radical (unpaired) electrons. The molecule has 0 heterocycles. The predicted octanol–water partition coefficient (Wildman–Crippen LogP) is 4.28. The van der Waals surface area contributed by atoms with Gasteiger partial charge in [-0.3, -0.25) is 0 Å². The number of likely N-dealkylation sites (N-methyl/N-ethyl adjacent to an activating group) is 1. The van der Waals surface area contributed by atoms with Gasteiger partial charge in [0.2, 0.25) is 0 Å². The van der Waals surface area contributed by atoms with E-state index in [0.29, 0.717) is 36.2 Å². The average Bonchev–Trinajstić information content (AvgIpc) is 2.60. The van der Waals surface area contributed by atoms with E-state index in [-0.39, 0.29) is 11.9 Å². The molecular weight excluding hydrogens is 355 g/mol. The summed E-state index contributed by atoms with van der Waals surface area (Å²) in [5, 5.41) is 3.97. The lowest BCUT2D eigenvalue weighted by Crippen LogP contribution is -2.30. The molecule has 0 spiro atoms. The van der Waals surface area contributed by atoms with Crippen LogP contribution in [0, 0.1) is 5.82 Å². The fourth-order valence-corrected chi connectivity index (χ4v) is 3.13. The largest absolute Gasteiger partial charge is 0.491 e. The quantitative estimate of drug-likeness (QED) is 0.704. The van der Waals surface area contributed by atoms with Gasteiger partial charge in [-0.15, -0.1) is 0 Å². The van der Waals surface area contributed by atoms with Gasteiger partial charge in [-0.05, 0) is 56.4 Å². The molecule has 1 N–H and O–H groups in total. The fourth-order valence-electron chi connectivity index (χ4n) is 2.82. The first-order chi connectivity index (χ1) is 12.5. The highest BCUT2D eigenvalue weighted by Crippen LogP contribution is 2.36. The molecule has 26 heavy (non-hydrogen) atoms. The molecule has 0 aliphatic heterocycles. The molecule has 0 aliphatic rings. The predicted molar refractivity (Wildman–Crippen MR) is 104 cm³/mol. The molecule has 0 bridgehead atoms. The zero-order valence-electron chi connectivity index (χ0n) is 15.7. The van der Waals surface area contributed by atoms with Crippen LogP contribution in [0.3, 0.4) is 0 Å². The Balaban J connectivity index is 2.06. The molecule has 0 aromatic heterocycles. The maximum absolute atomic E-state index is 13.2. The van der Waals surface area contributed by atoms with Crippen LogP contribution in [0.2, 0.25) is 5.02 Å². The highest BCUT2D eigenvalue weighted by Gasteiger charge is 2.15. The van der Waals surface area contributed by atoms with E-state index in [0.717, 1.165) is 11.1 Å². The van der Waals surface area contributed by atoms with Gasteiger partial charge < -0.3 is 19.7 Å². The van der Waals surface area contributed by atoms with Crippen molar-refractivity contribution in [1.29, 1.82) is 0 Å². The lowest BCUT2D eigenvalue weighted by molar-refractivity contribution is 0.288. The average molecular weight is 381 g/mol. The van der Waals surface area contributed by atoms with Crippen LogP contribution in [0.1, 0.15) is 24.1 Å². The second-order valence-corrected chi connectivity index (χ2v) is 6.61. The monoisotopic (exact) mass is 380 g/mol. The van der Waals surface area contributed by atoms with Gasteiger partial charge in [0.05, 0.1) is 18.7 Å². The third-order valence-corrected chi connectivity index (χ3v) is 4.40. The van der Waals surface area contributed by atoms with Gasteiger partial charge in [0.25, 0.3) is 0 Å². The molecule has 6 heteroatoms. The van der Waals surface area contributed by atoms with E-state index in [9.17, 15) is 4.39 Å². The van der Waals surface area contributed by atoms with E-state index in [2.05, 4.69) is 10.2 Å². The Morgan fingerprint density at radius 1 is 1.19 bits per heavy atom. The summed E-state index contributed by atoms with van der Waals surface area (Å²) < 4.78 is 24.1. The van der Waals surface area contributed by atoms with Crippen LogP contribution < -0.4 is 14.8 Å². The molecule has 0 saturated heterocycles. The standard InChI is InChI=1S/C20H26ClFN2O2/c1-5-26-19-11-14(10-17(21)20(19)25-4)12-23-13-18(24(2)3)15-6-8-16(22)9-7-15/h6-11,18,23H,5,12-13H2,1-4H3. The van der Waals surface area contributed by atoms with Crippen LogP contribution in [0.4, 0.5) is 4.39 Å². The summed E-state index contributed by atoms with van der Waals surface area (Å²) in [6.07, 6.45) is 0. The molecule has 2 rings (SSSR count). The van der Waals surface area contributed by atoms with E-state index in [1.165, 1.54) is 12.1 Å². The minimum Gasteiger partial charge on any atom is -0.491 e. The van der Waals surface area contributed by atoms with Crippen molar-refractivity contribution in [1.82, 2.24) is 10.2 Å². The lowest BCUT2D eigenvalue weighted by atomic mass is 10.1. The Labute approximate surface area is 159 Å². The van der Waals surface area contributed by atoms with Crippen LogP contribution in [-0.2, 0) is 6.54 Å². The third kappa shape index (κ3) is 5.34. The van der Waals surface area contributed by atoms with Gasteiger partial charge in [0, 0.05) is 19.1 Å². The summed E-state index contributed by atoms with van der Waals surface area (Å²) in [6, 6.07) is 10.6. The minimum absolute atomic E-state index is 0.135. The summed E-state index contributed by atoms with van der Waals surface area (Å²) in [5.74, 6) is 0.965. The molecule has 142 valence electrons. The summed E-state index contributed by atoms with van der Waals surface area (Å²) >= 11 is 6.30. The van der Waals surface area contributed by atoms with Crippen molar-refractivity contribution in [2.45, 2.75) is 19.5 Å². The van der Waals surface area contributed by atoms with Gasteiger partial charge in [0.15, 0.2) is 11.5 Å². The van der Waals surface area contributed by atoms with Crippen LogP contribution in [0.15, 0.2) is 36.4 Å². The van der Waals surface area contributed by atoms with Crippen LogP contribution in [-0.4, -0.2) is 39.3 Å². The van der Waals surface area contributed by atoms with Crippen molar-refractivity contribution >= 4 is 11.6 Å². The van der Waals surface area contributed by atoms with E-state index in [4.69, 9.17) is 21.1 Å². The first-order valence-electron chi connectivity index (χ1n) is 8.58. The van der Waals surface area contributed by atoms with Gasteiger partial charge in [0.1, 0.15) is 5.82 Å². The van der Waals surface area contributed by atoms with E-state index >= 15 is 0 Å². The molecule has 4 nitrogen and oxygen atoms in total. The van der Waals surface area contributed by atoms with Gasteiger partial charge >= 0.3 is 0 Å². The Morgan fingerprint density at radius 2 is 1.88 bits per heavy atom. The number of methoxy groups -OCH3 is 1. The van der Waals surface area contributed by atoms with Crippen molar-refractivity contribution in [2.24, 2.45) is 0 Å². The molecule has 0 amide bonds. The number of benzene rings is 2.